The molecule has 0 radical (unpaired) electrons. The zero-order valence-electron chi connectivity index (χ0n) is 11.6. The highest BCUT2D eigenvalue weighted by atomic mass is 16.4. The van der Waals surface area contributed by atoms with Gasteiger partial charge in [0.05, 0.1) is 0 Å². The van der Waals surface area contributed by atoms with Gasteiger partial charge >= 0.3 is 0 Å². The van der Waals surface area contributed by atoms with Crippen molar-refractivity contribution in [2.45, 2.75) is 57.0 Å². The number of hydrogen-bond acceptors (Lipinski definition) is 4. The molecule has 2 atom stereocenters. The maximum atomic E-state index is 8.68. The van der Waals surface area contributed by atoms with Crippen LogP contribution >= 0.6 is 0 Å². The van der Waals surface area contributed by atoms with Crippen molar-refractivity contribution in [2.24, 2.45) is 16.3 Å². The van der Waals surface area contributed by atoms with E-state index < -0.39 is 0 Å². The van der Waals surface area contributed by atoms with Crippen LogP contribution in [0.3, 0.4) is 0 Å². The lowest BCUT2D eigenvalue weighted by molar-refractivity contribution is 0.163. The summed E-state index contributed by atoms with van der Waals surface area (Å²) < 4.78 is 0. The molecule has 2 unspecified atom stereocenters. The van der Waals surface area contributed by atoms with Crippen LogP contribution in [0.15, 0.2) is 5.16 Å². The van der Waals surface area contributed by atoms with Crippen molar-refractivity contribution in [2.75, 3.05) is 19.6 Å². The van der Waals surface area contributed by atoms with Gasteiger partial charge in [-0.05, 0) is 57.0 Å². The molecule has 5 heteroatoms. The third-order valence-corrected chi connectivity index (χ3v) is 5.23. The van der Waals surface area contributed by atoms with E-state index in [4.69, 9.17) is 10.9 Å². The average Bonchev–Trinajstić information content (AvgIpc) is 3.02. The molecule has 0 aromatic heterocycles. The lowest BCUT2D eigenvalue weighted by Gasteiger charge is -2.36. The van der Waals surface area contributed by atoms with Gasteiger partial charge in [-0.15, -0.1) is 0 Å². The Bertz CT molecular complexity index is 353. The largest absolute Gasteiger partial charge is 0.409 e. The molecule has 2 aliphatic heterocycles. The van der Waals surface area contributed by atoms with Crippen LogP contribution < -0.4 is 11.1 Å². The summed E-state index contributed by atoms with van der Waals surface area (Å²) in [5.74, 6) is 0.380. The molecule has 0 bridgehead atoms. The summed E-state index contributed by atoms with van der Waals surface area (Å²) in [6.07, 6.45) is 8.49. The van der Waals surface area contributed by atoms with Gasteiger partial charge in [0.15, 0.2) is 0 Å². The standard InChI is InChI=1S/C14H26N4O/c15-13(17-19)9-14(4-5-14)10-16-11-3-7-18-6-1-2-12(18)8-11/h11-12,16,19H,1-10H2,(H2,15,17). The van der Waals surface area contributed by atoms with Crippen LogP contribution in [0.5, 0.6) is 0 Å². The van der Waals surface area contributed by atoms with Gasteiger partial charge in [0, 0.05) is 25.0 Å². The Morgan fingerprint density at radius 2 is 2.21 bits per heavy atom. The fourth-order valence-electron chi connectivity index (χ4n) is 3.78. The second-order valence-electron chi connectivity index (χ2n) is 6.70. The van der Waals surface area contributed by atoms with Gasteiger partial charge in [0.25, 0.3) is 0 Å². The molecular weight excluding hydrogens is 240 g/mol. The topological polar surface area (TPSA) is 73.9 Å². The summed E-state index contributed by atoms with van der Waals surface area (Å²) in [5.41, 5.74) is 5.92. The Morgan fingerprint density at radius 1 is 1.37 bits per heavy atom. The molecule has 0 spiro atoms. The maximum absolute atomic E-state index is 8.68. The highest BCUT2D eigenvalue weighted by molar-refractivity contribution is 5.80. The minimum atomic E-state index is 0.281. The number of amidine groups is 1. The molecule has 2 heterocycles. The molecule has 1 saturated carbocycles. The molecule has 1 aliphatic carbocycles. The zero-order valence-corrected chi connectivity index (χ0v) is 11.6. The Balaban J connectivity index is 1.45. The molecule has 3 aliphatic rings. The molecule has 0 aromatic rings. The first-order chi connectivity index (χ1) is 9.21. The van der Waals surface area contributed by atoms with Gasteiger partial charge in [0.2, 0.25) is 0 Å². The summed E-state index contributed by atoms with van der Waals surface area (Å²) >= 11 is 0. The fraction of sp³-hybridized carbons (Fsp3) is 0.929. The van der Waals surface area contributed by atoms with Crippen molar-refractivity contribution in [3.8, 4) is 0 Å². The fourth-order valence-corrected chi connectivity index (χ4v) is 3.78. The summed E-state index contributed by atoms with van der Waals surface area (Å²) in [4.78, 5) is 2.65. The van der Waals surface area contributed by atoms with Gasteiger partial charge in [0.1, 0.15) is 5.84 Å². The third-order valence-electron chi connectivity index (χ3n) is 5.23. The highest BCUT2D eigenvalue weighted by Crippen LogP contribution is 2.48. The second-order valence-corrected chi connectivity index (χ2v) is 6.70. The number of fused-ring (bicyclic) bond motifs is 1. The molecule has 2 saturated heterocycles. The Hall–Kier alpha value is -0.810. The van der Waals surface area contributed by atoms with Gasteiger partial charge < -0.3 is 21.2 Å². The first kappa shape index (κ1) is 13.2. The quantitative estimate of drug-likeness (QED) is 0.302. The zero-order chi connectivity index (χ0) is 13.3. The van der Waals surface area contributed by atoms with E-state index in [-0.39, 0.29) is 5.41 Å². The van der Waals surface area contributed by atoms with Crippen molar-refractivity contribution >= 4 is 5.84 Å². The maximum Gasteiger partial charge on any atom is 0.139 e. The van der Waals surface area contributed by atoms with E-state index in [1.165, 1.54) is 51.6 Å². The Kier molecular flexibility index (Phi) is 3.67. The van der Waals surface area contributed by atoms with Gasteiger partial charge in [-0.3, -0.25) is 0 Å². The van der Waals surface area contributed by atoms with E-state index in [9.17, 15) is 0 Å². The molecule has 5 nitrogen and oxygen atoms in total. The highest BCUT2D eigenvalue weighted by Gasteiger charge is 2.43. The second kappa shape index (κ2) is 5.29. The normalized spacial score (nSPS) is 34.2. The van der Waals surface area contributed by atoms with E-state index in [0.29, 0.717) is 11.9 Å². The van der Waals surface area contributed by atoms with Crippen molar-refractivity contribution in [3.05, 3.63) is 0 Å². The number of nitrogens with zero attached hydrogens (tertiary/aromatic N) is 2. The number of hydrogen-bond donors (Lipinski definition) is 3. The van der Waals surface area contributed by atoms with E-state index in [2.05, 4.69) is 15.4 Å². The van der Waals surface area contributed by atoms with Crippen LogP contribution in [-0.4, -0.2) is 47.7 Å². The first-order valence-corrected chi connectivity index (χ1v) is 7.65. The Morgan fingerprint density at radius 3 is 2.95 bits per heavy atom. The Labute approximate surface area is 115 Å². The predicted octanol–water partition coefficient (Wildman–Crippen LogP) is 1.12. The molecular formula is C14H26N4O. The number of piperidine rings is 1. The lowest BCUT2D eigenvalue weighted by Crippen LogP contribution is -2.47. The number of rotatable bonds is 5. The van der Waals surface area contributed by atoms with E-state index >= 15 is 0 Å². The van der Waals surface area contributed by atoms with Crippen LogP contribution in [0.1, 0.15) is 44.9 Å². The third kappa shape index (κ3) is 3.03. The van der Waals surface area contributed by atoms with Gasteiger partial charge in [-0.1, -0.05) is 5.16 Å². The molecule has 19 heavy (non-hydrogen) atoms. The molecule has 4 N–H and O–H groups in total. The summed E-state index contributed by atoms with van der Waals surface area (Å²) in [5, 5.41) is 15.5. The lowest BCUT2D eigenvalue weighted by atomic mass is 9.95. The van der Waals surface area contributed by atoms with Gasteiger partial charge in [-0.2, -0.15) is 0 Å². The smallest absolute Gasteiger partial charge is 0.139 e. The monoisotopic (exact) mass is 266 g/mol. The van der Waals surface area contributed by atoms with Crippen molar-refractivity contribution < 1.29 is 5.21 Å². The molecule has 108 valence electrons. The van der Waals surface area contributed by atoms with Crippen molar-refractivity contribution in [1.29, 1.82) is 0 Å². The van der Waals surface area contributed by atoms with Crippen LogP contribution in [-0.2, 0) is 0 Å². The summed E-state index contributed by atoms with van der Waals surface area (Å²) in [6, 6.07) is 1.49. The SMILES string of the molecule is NC(CC1(CNC2CCN3CCCC3C2)CC1)=NO. The van der Waals surface area contributed by atoms with E-state index in [1.807, 2.05) is 0 Å². The molecule has 3 rings (SSSR count). The number of nitrogens with two attached hydrogens (primary N) is 1. The molecule has 0 aromatic carbocycles. The van der Waals surface area contributed by atoms with Crippen molar-refractivity contribution in [3.63, 3.8) is 0 Å². The molecule has 3 fully saturated rings. The van der Waals surface area contributed by atoms with Crippen LogP contribution in [0.25, 0.3) is 0 Å². The first-order valence-electron chi connectivity index (χ1n) is 7.65. The van der Waals surface area contributed by atoms with Crippen LogP contribution in [0.2, 0.25) is 0 Å². The van der Waals surface area contributed by atoms with Crippen LogP contribution in [0, 0.1) is 5.41 Å². The summed E-state index contributed by atoms with van der Waals surface area (Å²) in [7, 11) is 0. The van der Waals surface area contributed by atoms with Crippen molar-refractivity contribution in [1.82, 2.24) is 10.2 Å². The predicted molar refractivity (Wildman–Crippen MR) is 75.3 cm³/mol. The van der Waals surface area contributed by atoms with Crippen LogP contribution in [0.4, 0.5) is 0 Å². The average molecular weight is 266 g/mol. The van der Waals surface area contributed by atoms with E-state index in [0.717, 1.165) is 19.0 Å². The minimum Gasteiger partial charge on any atom is -0.409 e. The van der Waals surface area contributed by atoms with Gasteiger partial charge in [-0.25, -0.2) is 0 Å². The summed E-state index contributed by atoms with van der Waals surface area (Å²) in [6.45, 7) is 3.60. The molecule has 0 amide bonds. The van der Waals surface area contributed by atoms with E-state index in [1.54, 1.807) is 0 Å². The minimum absolute atomic E-state index is 0.281. The number of oxime groups is 1. The number of nitrogens with one attached hydrogen (secondary N) is 1.